The average molecular weight is 592 g/mol. The molecule has 17 atom stereocenters. The van der Waals surface area contributed by atoms with Gasteiger partial charge in [0.05, 0.1) is 18.3 Å². The van der Waals surface area contributed by atoms with Crippen molar-refractivity contribution < 1.29 is 39.8 Å². The second-order valence-corrected chi connectivity index (χ2v) is 16.0. The summed E-state index contributed by atoms with van der Waals surface area (Å²) in [6.07, 6.45) is 1.67. The number of carbonyl (C=O) groups is 1. The monoisotopic (exact) mass is 591 g/mol. The summed E-state index contributed by atoms with van der Waals surface area (Å²) >= 11 is 0. The number of Topliss-reactive ketones (excluding diaryl/α,β-unsaturated/α-hetero) is 1. The summed E-state index contributed by atoms with van der Waals surface area (Å²) in [5, 5.41) is 52.4. The van der Waals surface area contributed by atoms with Crippen molar-refractivity contribution in [3.8, 4) is 0 Å². The van der Waals surface area contributed by atoms with Gasteiger partial charge in [-0.1, -0.05) is 13.8 Å². The lowest BCUT2D eigenvalue weighted by molar-refractivity contribution is -0.315. The van der Waals surface area contributed by atoms with Crippen LogP contribution < -0.4 is 0 Å². The quantitative estimate of drug-likeness (QED) is 0.310. The van der Waals surface area contributed by atoms with Gasteiger partial charge in [0.1, 0.15) is 30.2 Å². The van der Waals surface area contributed by atoms with Crippen LogP contribution in [-0.2, 0) is 14.3 Å². The average Bonchev–Trinajstić information content (AvgIpc) is 3.33. The second-order valence-electron chi connectivity index (χ2n) is 16.0. The molecule has 9 heteroatoms. The number of piperidine rings is 2. The molecule has 0 spiro atoms. The summed E-state index contributed by atoms with van der Waals surface area (Å²) < 4.78 is 11.8. The highest BCUT2D eigenvalue weighted by Gasteiger charge is 2.64. The molecule has 1 unspecified atom stereocenters. The molecule has 3 aliphatic heterocycles. The number of hydrogen-bond donors (Lipinski definition) is 5. The van der Waals surface area contributed by atoms with Gasteiger partial charge < -0.3 is 35.0 Å². The maximum absolute atomic E-state index is 13.9. The standard InChI is InChI=1S/C33H53NO8/c1-16-4-7-27-33(3,40)22-6-5-18-19(21(22)14-34(27)13-16)11-23-20(18)12-25(36)24-10-17(8-9-32(23,24)2)41-31-30(39)29(38)28(37)26(15-35)42-31/h16-24,26-31,35,37-40H,4-15H2,1-3H3/t16?,17-,18+,19+,20-,21-,22-,23-,24+,26+,27-,28+,29-,30+,31+,32+,33-/m0/s1. The van der Waals surface area contributed by atoms with Gasteiger partial charge >= 0.3 is 0 Å². The Morgan fingerprint density at radius 3 is 2.45 bits per heavy atom. The number of ketones is 1. The summed E-state index contributed by atoms with van der Waals surface area (Å²) in [5.74, 6) is 3.79. The molecule has 0 aromatic rings. The molecule has 0 radical (unpaired) electrons. The zero-order chi connectivity index (χ0) is 29.7. The summed E-state index contributed by atoms with van der Waals surface area (Å²) in [6, 6.07) is 0.276. The van der Waals surface area contributed by atoms with Crippen molar-refractivity contribution in [2.24, 2.45) is 52.8 Å². The van der Waals surface area contributed by atoms with Gasteiger partial charge in [0.15, 0.2) is 6.29 Å². The van der Waals surface area contributed by atoms with E-state index in [-0.39, 0.29) is 23.5 Å². The molecule has 238 valence electrons. The van der Waals surface area contributed by atoms with Gasteiger partial charge in [-0.25, -0.2) is 0 Å². The van der Waals surface area contributed by atoms with Gasteiger partial charge in [0, 0.05) is 31.5 Å². The third-order valence-electron chi connectivity index (χ3n) is 14.0. The summed E-state index contributed by atoms with van der Waals surface area (Å²) in [6.45, 7) is 8.49. The second kappa shape index (κ2) is 10.7. The summed E-state index contributed by atoms with van der Waals surface area (Å²) in [4.78, 5) is 16.5. The number of carbonyl (C=O) groups excluding carboxylic acids is 1. The van der Waals surface area contributed by atoms with E-state index in [0.717, 1.165) is 51.6 Å². The molecule has 42 heavy (non-hydrogen) atoms. The number of nitrogens with zero attached hydrogens (tertiary/aromatic N) is 1. The largest absolute Gasteiger partial charge is 0.394 e. The Kier molecular flexibility index (Phi) is 7.66. The van der Waals surface area contributed by atoms with Crippen LogP contribution in [0.4, 0.5) is 0 Å². The van der Waals surface area contributed by atoms with E-state index < -0.39 is 42.9 Å². The van der Waals surface area contributed by atoms with E-state index in [0.29, 0.717) is 60.1 Å². The zero-order valence-electron chi connectivity index (χ0n) is 25.6. The fraction of sp³-hybridized carbons (Fsp3) is 0.970. The number of rotatable bonds is 3. The zero-order valence-corrected chi connectivity index (χ0v) is 25.6. The van der Waals surface area contributed by atoms with Crippen molar-refractivity contribution in [2.75, 3.05) is 19.7 Å². The Balaban J connectivity index is 1.07. The van der Waals surface area contributed by atoms with Crippen LogP contribution in [0.15, 0.2) is 0 Å². The first kappa shape index (κ1) is 30.0. The van der Waals surface area contributed by atoms with E-state index in [1.165, 1.54) is 6.42 Å². The van der Waals surface area contributed by atoms with Crippen molar-refractivity contribution >= 4 is 5.78 Å². The number of ether oxygens (including phenoxy) is 2. The van der Waals surface area contributed by atoms with Crippen LogP contribution >= 0.6 is 0 Å². The molecule has 4 aliphatic carbocycles. The highest BCUT2D eigenvalue weighted by molar-refractivity contribution is 5.83. The van der Waals surface area contributed by atoms with Crippen LogP contribution in [-0.4, -0.2) is 104 Å². The first-order valence-corrected chi connectivity index (χ1v) is 16.9. The highest BCUT2D eigenvalue weighted by atomic mass is 16.7. The van der Waals surface area contributed by atoms with Gasteiger partial charge in [-0.2, -0.15) is 0 Å². The lowest BCUT2D eigenvalue weighted by atomic mass is 9.51. The first-order chi connectivity index (χ1) is 19.9. The molecule has 0 aromatic heterocycles. The molecule has 4 saturated carbocycles. The topological polar surface area (TPSA) is 140 Å². The third kappa shape index (κ3) is 4.50. The molecule has 7 rings (SSSR count). The molecular weight excluding hydrogens is 538 g/mol. The Morgan fingerprint density at radius 2 is 1.69 bits per heavy atom. The predicted molar refractivity (Wildman–Crippen MR) is 153 cm³/mol. The molecule has 9 nitrogen and oxygen atoms in total. The van der Waals surface area contributed by atoms with Crippen LogP contribution in [0.1, 0.15) is 78.6 Å². The molecule has 3 saturated heterocycles. The van der Waals surface area contributed by atoms with Crippen molar-refractivity contribution in [3.05, 3.63) is 0 Å². The van der Waals surface area contributed by atoms with E-state index in [4.69, 9.17) is 9.47 Å². The Labute approximate surface area is 249 Å². The number of hydrogen-bond acceptors (Lipinski definition) is 9. The first-order valence-electron chi connectivity index (χ1n) is 16.9. The van der Waals surface area contributed by atoms with Crippen molar-refractivity contribution in [3.63, 3.8) is 0 Å². The Bertz CT molecular complexity index is 1040. The maximum Gasteiger partial charge on any atom is 0.186 e. The van der Waals surface area contributed by atoms with E-state index in [2.05, 4.69) is 25.7 Å². The highest BCUT2D eigenvalue weighted by Crippen LogP contribution is 2.66. The van der Waals surface area contributed by atoms with Crippen molar-refractivity contribution in [2.45, 2.75) is 127 Å². The lowest BCUT2D eigenvalue weighted by Crippen LogP contribution is -2.67. The molecule has 7 aliphatic rings. The predicted octanol–water partition coefficient (Wildman–Crippen LogP) is 1.71. The van der Waals surface area contributed by atoms with Gasteiger partial charge in [-0.15, -0.1) is 0 Å². The van der Waals surface area contributed by atoms with Crippen molar-refractivity contribution in [1.29, 1.82) is 0 Å². The van der Waals surface area contributed by atoms with Crippen LogP contribution in [0.2, 0.25) is 0 Å². The van der Waals surface area contributed by atoms with Crippen LogP contribution in [0, 0.1) is 52.8 Å². The fourth-order valence-electron chi connectivity index (χ4n) is 11.8. The molecular formula is C33H53NO8. The molecule has 0 amide bonds. The maximum atomic E-state index is 13.9. The van der Waals surface area contributed by atoms with E-state index in [1.54, 1.807) is 0 Å². The third-order valence-corrected chi connectivity index (χ3v) is 14.0. The van der Waals surface area contributed by atoms with E-state index in [1.807, 2.05) is 0 Å². The SMILES string of the molecule is CC1CC[C@@H]2N(C1)C[C@H]1[C@@H]3C[C@H]4[C@@H](CC(=O)[C@H]5C[C@@H](O[C@@H]6O[C@H](CO)[C@@H](O)[C@H](O)[C@H]6O)CC[C@@]54C)[C@@H]3CC[C@@H]1[C@]2(C)O. The number of aliphatic hydroxyl groups excluding tert-OH is 4. The van der Waals surface area contributed by atoms with Gasteiger partial charge in [0.2, 0.25) is 0 Å². The minimum atomic E-state index is -1.47. The Hall–Kier alpha value is -0.650. The number of aliphatic hydroxyl groups is 5. The number of fused-ring (bicyclic) bond motifs is 8. The summed E-state index contributed by atoms with van der Waals surface area (Å²) in [5.41, 5.74) is -0.745. The minimum Gasteiger partial charge on any atom is -0.394 e. The van der Waals surface area contributed by atoms with E-state index >= 15 is 0 Å². The molecule has 0 aromatic carbocycles. The summed E-state index contributed by atoms with van der Waals surface area (Å²) in [7, 11) is 0. The Morgan fingerprint density at radius 1 is 0.905 bits per heavy atom. The van der Waals surface area contributed by atoms with Gasteiger partial charge in [-0.05, 0) is 105 Å². The lowest BCUT2D eigenvalue weighted by Gasteiger charge is -2.59. The molecule has 5 N–H and O–H groups in total. The molecule has 3 heterocycles. The van der Waals surface area contributed by atoms with Crippen LogP contribution in [0.5, 0.6) is 0 Å². The van der Waals surface area contributed by atoms with Gasteiger partial charge in [-0.3, -0.25) is 9.69 Å². The van der Waals surface area contributed by atoms with Crippen molar-refractivity contribution in [1.82, 2.24) is 4.90 Å². The minimum absolute atomic E-state index is 0.0958. The normalized spacial score (nSPS) is 57.9. The van der Waals surface area contributed by atoms with E-state index in [9.17, 15) is 30.3 Å². The van der Waals surface area contributed by atoms with Crippen LogP contribution in [0.25, 0.3) is 0 Å². The fourth-order valence-corrected chi connectivity index (χ4v) is 11.8. The smallest absolute Gasteiger partial charge is 0.186 e. The molecule has 7 fully saturated rings. The molecule has 0 bridgehead atoms. The van der Waals surface area contributed by atoms with Gasteiger partial charge in [0.25, 0.3) is 0 Å². The van der Waals surface area contributed by atoms with Crippen LogP contribution in [0.3, 0.4) is 0 Å².